The molecule has 0 spiro atoms. The fourth-order valence-corrected chi connectivity index (χ4v) is 2.81. The first-order valence-corrected chi connectivity index (χ1v) is 6.87. The molecule has 6 N–H and O–H groups in total. The zero-order chi connectivity index (χ0) is 14.1. The van der Waals surface area contributed by atoms with Crippen LogP contribution < -0.4 is 17.2 Å². The quantitative estimate of drug-likeness (QED) is 0.778. The Morgan fingerprint density at radius 3 is 2.50 bits per heavy atom. The molecule has 5 heteroatoms. The van der Waals surface area contributed by atoms with Gasteiger partial charge in [-0.15, -0.1) is 0 Å². The van der Waals surface area contributed by atoms with Crippen LogP contribution in [0.4, 0.5) is 11.8 Å². The molecular formula is C15H19N5. The van der Waals surface area contributed by atoms with Crippen LogP contribution in [0.5, 0.6) is 0 Å². The Morgan fingerprint density at radius 1 is 1.05 bits per heavy atom. The Morgan fingerprint density at radius 2 is 1.80 bits per heavy atom. The highest BCUT2D eigenvalue weighted by Gasteiger charge is 2.42. The van der Waals surface area contributed by atoms with Crippen molar-refractivity contribution < 1.29 is 0 Å². The molecule has 1 saturated carbocycles. The zero-order valence-corrected chi connectivity index (χ0v) is 11.3. The van der Waals surface area contributed by atoms with E-state index in [1.54, 1.807) is 0 Å². The molecule has 20 heavy (non-hydrogen) atoms. The molecule has 2 aromatic rings. The second kappa shape index (κ2) is 5.09. The van der Waals surface area contributed by atoms with Crippen molar-refractivity contribution in [1.29, 1.82) is 0 Å². The summed E-state index contributed by atoms with van der Waals surface area (Å²) in [5.41, 5.74) is 20.7. The van der Waals surface area contributed by atoms with Crippen molar-refractivity contribution in [3.63, 3.8) is 0 Å². The number of rotatable bonds is 4. The Bertz CT molecular complexity index is 611. The first-order valence-electron chi connectivity index (χ1n) is 6.87. The molecule has 1 aliphatic rings. The van der Waals surface area contributed by atoms with Gasteiger partial charge in [-0.1, -0.05) is 30.3 Å². The van der Waals surface area contributed by atoms with Gasteiger partial charge in [0, 0.05) is 11.5 Å². The van der Waals surface area contributed by atoms with E-state index in [1.807, 2.05) is 6.07 Å². The normalized spacial score (nSPS) is 20.9. The molecule has 0 bridgehead atoms. The van der Waals surface area contributed by atoms with Gasteiger partial charge >= 0.3 is 0 Å². The molecule has 0 saturated heterocycles. The Hall–Kier alpha value is -2.14. The van der Waals surface area contributed by atoms with E-state index in [1.165, 1.54) is 5.56 Å². The third-order valence-electron chi connectivity index (χ3n) is 3.85. The van der Waals surface area contributed by atoms with Crippen LogP contribution in [0.1, 0.15) is 35.1 Å². The summed E-state index contributed by atoms with van der Waals surface area (Å²) >= 11 is 0. The molecule has 0 aliphatic heterocycles. The Labute approximate surface area is 118 Å². The summed E-state index contributed by atoms with van der Waals surface area (Å²) in [6, 6.07) is 10.5. The Balaban J connectivity index is 1.92. The standard InChI is InChI=1S/C15H19N5/c16-7-6-10-13(19-15(18)20-14(10)17)12-8-11(12)9-4-2-1-3-5-9/h1-5,11-12H,6-8,16H2,(H4,17,18,19,20). The third-order valence-corrected chi connectivity index (χ3v) is 3.85. The van der Waals surface area contributed by atoms with Crippen LogP contribution in [0, 0.1) is 0 Å². The predicted molar refractivity (Wildman–Crippen MR) is 80.2 cm³/mol. The number of nitrogens with zero attached hydrogens (tertiary/aromatic N) is 2. The molecule has 3 rings (SSSR count). The summed E-state index contributed by atoms with van der Waals surface area (Å²) in [4.78, 5) is 8.47. The first kappa shape index (κ1) is 12.9. The third kappa shape index (κ3) is 2.32. The van der Waals surface area contributed by atoms with Gasteiger partial charge in [-0.05, 0) is 30.9 Å². The minimum absolute atomic E-state index is 0.247. The molecule has 5 nitrogen and oxygen atoms in total. The van der Waals surface area contributed by atoms with E-state index in [0.717, 1.165) is 17.7 Å². The zero-order valence-electron chi connectivity index (χ0n) is 11.3. The highest BCUT2D eigenvalue weighted by atomic mass is 15.0. The average Bonchev–Trinajstić information content (AvgIpc) is 3.23. The van der Waals surface area contributed by atoms with E-state index in [0.29, 0.717) is 30.6 Å². The summed E-state index contributed by atoms with van der Waals surface area (Å²) in [7, 11) is 0. The van der Waals surface area contributed by atoms with Gasteiger partial charge in [0.25, 0.3) is 0 Å². The fraction of sp³-hybridized carbons (Fsp3) is 0.333. The van der Waals surface area contributed by atoms with Crippen molar-refractivity contribution in [2.45, 2.75) is 24.7 Å². The number of hydrogen-bond donors (Lipinski definition) is 3. The van der Waals surface area contributed by atoms with Crippen molar-refractivity contribution in [2.24, 2.45) is 5.73 Å². The van der Waals surface area contributed by atoms with Crippen molar-refractivity contribution >= 4 is 11.8 Å². The van der Waals surface area contributed by atoms with Gasteiger partial charge in [0.1, 0.15) is 5.82 Å². The van der Waals surface area contributed by atoms with Crippen LogP contribution in [0.15, 0.2) is 30.3 Å². The number of hydrogen-bond acceptors (Lipinski definition) is 5. The van der Waals surface area contributed by atoms with Gasteiger partial charge < -0.3 is 17.2 Å². The molecule has 2 atom stereocenters. The number of aromatic nitrogens is 2. The molecule has 2 unspecified atom stereocenters. The summed E-state index contributed by atoms with van der Waals surface area (Å²) in [6.45, 7) is 0.535. The summed E-state index contributed by atoms with van der Waals surface area (Å²) in [6.07, 6.45) is 1.77. The van der Waals surface area contributed by atoms with E-state index in [-0.39, 0.29) is 5.95 Å². The maximum absolute atomic E-state index is 5.97. The maximum atomic E-state index is 5.97. The lowest BCUT2D eigenvalue weighted by Crippen LogP contribution is -2.13. The minimum Gasteiger partial charge on any atom is -0.383 e. The highest BCUT2D eigenvalue weighted by molar-refractivity contribution is 5.50. The number of anilines is 2. The van der Waals surface area contributed by atoms with Crippen LogP contribution >= 0.6 is 0 Å². The molecule has 1 aliphatic carbocycles. The monoisotopic (exact) mass is 269 g/mol. The average molecular weight is 269 g/mol. The van der Waals surface area contributed by atoms with Gasteiger partial charge in [-0.2, -0.15) is 4.98 Å². The lowest BCUT2D eigenvalue weighted by atomic mass is 10.0. The van der Waals surface area contributed by atoms with Crippen molar-refractivity contribution in [1.82, 2.24) is 9.97 Å². The molecule has 104 valence electrons. The molecule has 0 radical (unpaired) electrons. The second-order valence-electron chi connectivity index (χ2n) is 5.23. The predicted octanol–water partition coefficient (Wildman–Crippen LogP) is 1.41. The summed E-state index contributed by atoms with van der Waals surface area (Å²) in [5.74, 6) is 1.60. The van der Waals surface area contributed by atoms with E-state index < -0.39 is 0 Å². The van der Waals surface area contributed by atoms with E-state index in [2.05, 4.69) is 34.2 Å². The highest BCUT2D eigenvalue weighted by Crippen LogP contribution is 2.55. The number of nitrogen functional groups attached to an aromatic ring is 2. The molecule has 1 aromatic heterocycles. The van der Waals surface area contributed by atoms with Gasteiger partial charge in [-0.25, -0.2) is 4.98 Å². The van der Waals surface area contributed by atoms with Crippen molar-refractivity contribution in [3.8, 4) is 0 Å². The Kier molecular flexibility index (Phi) is 3.28. The van der Waals surface area contributed by atoms with Gasteiger partial charge in [0.15, 0.2) is 0 Å². The van der Waals surface area contributed by atoms with Crippen LogP contribution in [0.25, 0.3) is 0 Å². The van der Waals surface area contributed by atoms with Crippen LogP contribution in [0.3, 0.4) is 0 Å². The van der Waals surface area contributed by atoms with Crippen LogP contribution in [-0.4, -0.2) is 16.5 Å². The molecular weight excluding hydrogens is 250 g/mol. The largest absolute Gasteiger partial charge is 0.383 e. The summed E-state index contributed by atoms with van der Waals surface area (Å²) in [5, 5.41) is 0. The van der Waals surface area contributed by atoms with Crippen LogP contribution in [-0.2, 0) is 6.42 Å². The maximum Gasteiger partial charge on any atom is 0.222 e. The van der Waals surface area contributed by atoms with Gasteiger partial charge in [0.05, 0.1) is 5.69 Å². The van der Waals surface area contributed by atoms with Crippen molar-refractivity contribution in [3.05, 3.63) is 47.2 Å². The van der Waals surface area contributed by atoms with E-state index >= 15 is 0 Å². The van der Waals surface area contributed by atoms with Gasteiger partial charge in [0.2, 0.25) is 5.95 Å². The van der Waals surface area contributed by atoms with E-state index in [9.17, 15) is 0 Å². The lowest BCUT2D eigenvalue weighted by molar-refractivity contribution is 0.875. The van der Waals surface area contributed by atoms with Crippen LogP contribution in [0.2, 0.25) is 0 Å². The SMILES string of the molecule is NCCc1c(N)nc(N)nc1C1CC1c1ccccc1. The lowest BCUT2D eigenvalue weighted by Gasteiger charge is -2.11. The molecule has 1 fully saturated rings. The smallest absolute Gasteiger partial charge is 0.222 e. The topological polar surface area (TPSA) is 104 Å². The van der Waals surface area contributed by atoms with Gasteiger partial charge in [-0.3, -0.25) is 0 Å². The first-order chi connectivity index (χ1) is 9.70. The fourth-order valence-electron chi connectivity index (χ4n) is 2.81. The van der Waals surface area contributed by atoms with Crippen molar-refractivity contribution in [2.75, 3.05) is 18.0 Å². The van der Waals surface area contributed by atoms with E-state index in [4.69, 9.17) is 17.2 Å². The number of nitrogens with two attached hydrogens (primary N) is 3. The number of benzene rings is 1. The molecule has 1 aromatic carbocycles. The minimum atomic E-state index is 0.247. The summed E-state index contributed by atoms with van der Waals surface area (Å²) < 4.78 is 0. The molecule has 0 amide bonds. The second-order valence-corrected chi connectivity index (χ2v) is 5.23. The molecule has 1 heterocycles.